The summed E-state index contributed by atoms with van der Waals surface area (Å²) >= 11 is 0. The van der Waals surface area contributed by atoms with E-state index in [0.29, 0.717) is 0 Å². The summed E-state index contributed by atoms with van der Waals surface area (Å²) in [5.41, 5.74) is 1.86. The van der Waals surface area contributed by atoms with Gasteiger partial charge in [-0.25, -0.2) is 4.39 Å². The number of H-pyrrole nitrogens is 1. The Labute approximate surface area is 100 Å². The third-order valence-corrected chi connectivity index (χ3v) is 3.60. The summed E-state index contributed by atoms with van der Waals surface area (Å²) in [4.78, 5) is 3.13. The minimum atomic E-state index is -0.894. The van der Waals surface area contributed by atoms with Crippen LogP contribution in [0, 0.1) is 0 Å². The van der Waals surface area contributed by atoms with Crippen molar-refractivity contribution in [2.45, 2.75) is 31.5 Å². The van der Waals surface area contributed by atoms with E-state index in [2.05, 4.69) is 10.3 Å². The topological polar surface area (TPSA) is 27.8 Å². The average molecular weight is 232 g/mol. The number of aromatic nitrogens is 1. The lowest BCUT2D eigenvalue weighted by Gasteiger charge is -2.26. The number of hydrogen-bond acceptors (Lipinski definition) is 1. The first-order valence-electron chi connectivity index (χ1n) is 6.29. The predicted molar refractivity (Wildman–Crippen MR) is 67.8 cm³/mol. The SMILES string of the molecule is FC(c1ccc2[nH]ccc2c1)C1CCCCN1. The van der Waals surface area contributed by atoms with Gasteiger partial charge in [-0.15, -0.1) is 0 Å². The van der Waals surface area contributed by atoms with Gasteiger partial charge < -0.3 is 10.3 Å². The molecule has 0 aliphatic carbocycles. The molecule has 90 valence electrons. The Morgan fingerprint density at radius 1 is 1.24 bits per heavy atom. The molecule has 1 aliphatic heterocycles. The van der Waals surface area contributed by atoms with Gasteiger partial charge >= 0.3 is 0 Å². The Kier molecular flexibility index (Phi) is 2.85. The Morgan fingerprint density at radius 2 is 2.18 bits per heavy atom. The number of benzene rings is 1. The van der Waals surface area contributed by atoms with Crippen molar-refractivity contribution in [2.75, 3.05) is 6.54 Å². The highest BCUT2D eigenvalue weighted by Crippen LogP contribution is 2.28. The van der Waals surface area contributed by atoms with Crippen LogP contribution in [0.25, 0.3) is 10.9 Å². The van der Waals surface area contributed by atoms with Crippen LogP contribution < -0.4 is 5.32 Å². The first kappa shape index (κ1) is 10.8. The molecule has 0 bridgehead atoms. The fourth-order valence-electron chi connectivity index (χ4n) is 2.60. The van der Waals surface area contributed by atoms with Gasteiger partial charge in [0.1, 0.15) is 6.17 Å². The van der Waals surface area contributed by atoms with Crippen LogP contribution in [0.3, 0.4) is 0 Å². The second-order valence-corrected chi connectivity index (χ2v) is 4.78. The summed E-state index contributed by atoms with van der Waals surface area (Å²) in [5.74, 6) is 0. The Balaban J connectivity index is 1.86. The van der Waals surface area contributed by atoms with Gasteiger partial charge in [0.2, 0.25) is 0 Å². The fourth-order valence-corrected chi connectivity index (χ4v) is 2.60. The maximum atomic E-state index is 14.4. The lowest BCUT2D eigenvalue weighted by molar-refractivity contribution is 0.221. The molecule has 2 aromatic rings. The number of alkyl halides is 1. The number of hydrogen-bond donors (Lipinski definition) is 2. The molecule has 0 spiro atoms. The molecule has 17 heavy (non-hydrogen) atoms. The highest BCUT2D eigenvalue weighted by molar-refractivity contribution is 5.80. The largest absolute Gasteiger partial charge is 0.361 e. The Morgan fingerprint density at radius 3 is 3.00 bits per heavy atom. The van der Waals surface area contributed by atoms with E-state index in [4.69, 9.17) is 0 Å². The van der Waals surface area contributed by atoms with Crippen molar-refractivity contribution in [1.82, 2.24) is 10.3 Å². The quantitative estimate of drug-likeness (QED) is 0.816. The molecule has 3 rings (SSSR count). The molecule has 2 heterocycles. The maximum absolute atomic E-state index is 14.4. The Hall–Kier alpha value is -1.35. The van der Waals surface area contributed by atoms with Crippen molar-refractivity contribution >= 4 is 10.9 Å². The van der Waals surface area contributed by atoms with Gasteiger partial charge in [-0.05, 0) is 48.5 Å². The lowest BCUT2D eigenvalue weighted by atomic mass is 9.95. The van der Waals surface area contributed by atoms with Crippen LogP contribution in [0.2, 0.25) is 0 Å². The van der Waals surface area contributed by atoms with Crippen LogP contribution in [-0.4, -0.2) is 17.6 Å². The zero-order valence-electron chi connectivity index (χ0n) is 9.75. The number of piperidine rings is 1. The Bertz CT molecular complexity index is 500. The summed E-state index contributed by atoms with van der Waals surface area (Å²) in [7, 11) is 0. The minimum Gasteiger partial charge on any atom is -0.361 e. The molecule has 0 amide bonds. The second kappa shape index (κ2) is 4.49. The van der Waals surface area contributed by atoms with E-state index in [1.54, 1.807) is 0 Å². The highest BCUT2D eigenvalue weighted by atomic mass is 19.1. The predicted octanol–water partition coefficient (Wildman–Crippen LogP) is 3.32. The van der Waals surface area contributed by atoms with Crippen molar-refractivity contribution in [3.63, 3.8) is 0 Å². The summed E-state index contributed by atoms with van der Waals surface area (Å²) in [6, 6.07) is 7.77. The van der Waals surface area contributed by atoms with Gasteiger partial charge in [0.05, 0.1) is 0 Å². The van der Waals surface area contributed by atoms with Crippen LogP contribution in [0.1, 0.15) is 31.0 Å². The molecule has 2 atom stereocenters. The van der Waals surface area contributed by atoms with Gasteiger partial charge in [0, 0.05) is 17.8 Å². The van der Waals surface area contributed by atoms with E-state index in [-0.39, 0.29) is 6.04 Å². The van der Waals surface area contributed by atoms with Crippen LogP contribution in [-0.2, 0) is 0 Å². The molecule has 1 fully saturated rings. The van der Waals surface area contributed by atoms with Gasteiger partial charge in [-0.2, -0.15) is 0 Å². The number of nitrogens with one attached hydrogen (secondary N) is 2. The third-order valence-electron chi connectivity index (χ3n) is 3.60. The number of fused-ring (bicyclic) bond motifs is 1. The van der Waals surface area contributed by atoms with E-state index in [9.17, 15) is 4.39 Å². The van der Waals surface area contributed by atoms with Crippen molar-refractivity contribution in [3.05, 3.63) is 36.0 Å². The van der Waals surface area contributed by atoms with E-state index in [1.165, 1.54) is 6.42 Å². The van der Waals surface area contributed by atoms with Gasteiger partial charge in [-0.3, -0.25) is 0 Å². The molecular formula is C14H17FN2. The van der Waals surface area contributed by atoms with Crippen molar-refractivity contribution in [1.29, 1.82) is 0 Å². The first-order valence-corrected chi connectivity index (χ1v) is 6.29. The summed E-state index contributed by atoms with van der Waals surface area (Å²) < 4.78 is 14.4. The zero-order chi connectivity index (χ0) is 11.7. The maximum Gasteiger partial charge on any atom is 0.140 e. The molecule has 2 unspecified atom stereocenters. The van der Waals surface area contributed by atoms with E-state index >= 15 is 0 Å². The molecule has 2 nitrogen and oxygen atoms in total. The highest BCUT2D eigenvalue weighted by Gasteiger charge is 2.24. The smallest absolute Gasteiger partial charge is 0.140 e. The molecule has 3 heteroatoms. The van der Waals surface area contributed by atoms with Crippen molar-refractivity contribution < 1.29 is 4.39 Å². The lowest BCUT2D eigenvalue weighted by Crippen LogP contribution is -2.37. The average Bonchev–Trinajstić information content (AvgIpc) is 2.86. The standard InChI is InChI=1S/C14H17FN2/c15-14(13-3-1-2-7-16-13)11-4-5-12-10(9-11)6-8-17-12/h4-6,8-9,13-14,16-17H,1-3,7H2. The number of rotatable bonds is 2. The van der Waals surface area contributed by atoms with E-state index in [1.807, 2.05) is 30.5 Å². The van der Waals surface area contributed by atoms with Gasteiger partial charge in [0.25, 0.3) is 0 Å². The minimum absolute atomic E-state index is 0.0138. The molecule has 0 saturated carbocycles. The van der Waals surface area contributed by atoms with Gasteiger partial charge in [-0.1, -0.05) is 12.5 Å². The van der Waals surface area contributed by atoms with Crippen molar-refractivity contribution in [3.8, 4) is 0 Å². The first-order chi connectivity index (χ1) is 8.34. The molecule has 1 aromatic carbocycles. The molecule has 0 radical (unpaired) electrons. The molecule has 1 aromatic heterocycles. The van der Waals surface area contributed by atoms with Crippen LogP contribution in [0.5, 0.6) is 0 Å². The molecule has 2 N–H and O–H groups in total. The zero-order valence-corrected chi connectivity index (χ0v) is 9.75. The van der Waals surface area contributed by atoms with Gasteiger partial charge in [0.15, 0.2) is 0 Å². The third kappa shape index (κ3) is 2.07. The monoisotopic (exact) mass is 232 g/mol. The summed E-state index contributed by atoms with van der Waals surface area (Å²) in [6.07, 6.45) is 4.23. The van der Waals surface area contributed by atoms with Crippen LogP contribution in [0.4, 0.5) is 4.39 Å². The number of aromatic amines is 1. The molecule has 1 aliphatic rings. The van der Waals surface area contributed by atoms with Crippen LogP contribution in [0.15, 0.2) is 30.5 Å². The second-order valence-electron chi connectivity index (χ2n) is 4.78. The normalized spacial score (nSPS) is 22.8. The summed E-state index contributed by atoms with van der Waals surface area (Å²) in [6.45, 7) is 0.942. The molecule has 1 saturated heterocycles. The summed E-state index contributed by atoms with van der Waals surface area (Å²) in [5, 5.41) is 4.36. The van der Waals surface area contributed by atoms with Crippen LogP contribution >= 0.6 is 0 Å². The van der Waals surface area contributed by atoms with E-state index < -0.39 is 6.17 Å². The number of halogens is 1. The fraction of sp³-hybridized carbons (Fsp3) is 0.429. The van der Waals surface area contributed by atoms with E-state index in [0.717, 1.165) is 35.9 Å². The van der Waals surface area contributed by atoms with Crippen molar-refractivity contribution in [2.24, 2.45) is 0 Å². The molecular weight excluding hydrogens is 215 g/mol.